The van der Waals surface area contributed by atoms with Crippen LogP contribution in [0.15, 0.2) is 0 Å². The summed E-state index contributed by atoms with van der Waals surface area (Å²) < 4.78 is 31.0. The van der Waals surface area contributed by atoms with Gasteiger partial charge in [-0.25, -0.2) is 8.78 Å². The van der Waals surface area contributed by atoms with Crippen molar-refractivity contribution in [3.63, 3.8) is 0 Å². The molecule has 2 atom stereocenters. The molecule has 11 heavy (non-hydrogen) atoms. The SMILES string of the molecule is CC(N)C(F)(F)C1CCOC1. The fourth-order valence-corrected chi connectivity index (χ4v) is 1.21. The Labute approximate surface area is 64.7 Å². The molecule has 2 N–H and O–H groups in total. The van der Waals surface area contributed by atoms with Crippen molar-refractivity contribution in [3.8, 4) is 0 Å². The zero-order chi connectivity index (χ0) is 8.48. The molecule has 0 saturated carbocycles. The van der Waals surface area contributed by atoms with Gasteiger partial charge in [0.05, 0.1) is 12.6 Å². The summed E-state index contributed by atoms with van der Waals surface area (Å²) in [6.07, 6.45) is 0.425. The molecule has 0 spiro atoms. The van der Waals surface area contributed by atoms with Gasteiger partial charge >= 0.3 is 0 Å². The number of hydrogen-bond acceptors (Lipinski definition) is 2. The van der Waals surface area contributed by atoms with Crippen molar-refractivity contribution in [2.24, 2.45) is 11.7 Å². The molecule has 0 radical (unpaired) electrons. The number of ether oxygens (including phenoxy) is 1. The molecule has 2 nitrogen and oxygen atoms in total. The summed E-state index contributed by atoms with van der Waals surface area (Å²) in [4.78, 5) is 0. The predicted molar refractivity (Wildman–Crippen MR) is 37.5 cm³/mol. The molecule has 4 heteroatoms. The lowest BCUT2D eigenvalue weighted by atomic mass is 9.96. The van der Waals surface area contributed by atoms with Crippen LogP contribution in [-0.2, 0) is 4.74 Å². The average Bonchev–Trinajstić information content (AvgIpc) is 2.37. The van der Waals surface area contributed by atoms with Gasteiger partial charge in [0.2, 0.25) is 0 Å². The molecule has 0 bridgehead atoms. The van der Waals surface area contributed by atoms with Gasteiger partial charge in [0.15, 0.2) is 0 Å². The monoisotopic (exact) mass is 165 g/mol. The second-order valence-corrected chi connectivity index (χ2v) is 3.02. The highest BCUT2D eigenvalue weighted by Gasteiger charge is 2.44. The lowest BCUT2D eigenvalue weighted by Gasteiger charge is -2.25. The number of hydrogen-bond donors (Lipinski definition) is 1. The van der Waals surface area contributed by atoms with Crippen LogP contribution < -0.4 is 5.73 Å². The second kappa shape index (κ2) is 3.03. The first-order valence-corrected chi connectivity index (χ1v) is 3.76. The van der Waals surface area contributed by atoms with E-state index in [0.29, 0.717) is 13.0 Å². The predicted octanol–water partition coefficient (Wildman–Crippen LogP) is 1.01. The maximum absolute atomic E-state index is 13.0. The molecule has 2 unspecified atom stereocenters. The highest BCUT2D eigenvalue weighted by atomic mass is 19.3. The molecule has 1 rings (SSSR count). The smallest absolute Gasteiger partial charge is 0.267 e. The molecule has 0 amide bonds. The number of rotatable bonds is 2. The largest absolute Gasteiger partial charge is 0.381 e. The lowest BCUT2D eigenvalue weighted by Crippen LogP contribution is -2.44. The van der Waals surface area contributed by atoms with E-state index in [1.54, 1.807) is 0 Å². The topological polar surface area (TPSA) is 35.2 Å². The maximum Gasteiger partial charge on any atom is 0.267 e. The first-order valence-electron chi connectivity index (χ1n) is 3.76. The van der Waals surface area contributed by atoms with Crippen molar-refractivity contribution in [1.82, 2.24) is 0 Å². The molecule has 1 heterocycles. The minimum absolute atomic E-state index is 0.147. The summed E-state index contributed by atoms with van der Waals surface area (Å²) >= 11 is 0. The minimum atomic E-state index is -2.77. The van der Waals surface area contributed by atoms with Gasteiger partial charge in [-0.1, -0.05) is 0 Å². The Hall–Kier alpha value is -0.220. The summed E-state index contributed by atoms with van der Waals surface area (Å²) in [5, 5.41) is 0. The average molecular weight is 165 g/mol. The quantitative estimate of drug-likeness (QED) is 0.662. The maximum atomic E-state index is 13.0. The highest BCUT2D eigenvalue weighted by Crippen LogP contribution is 2.32. The summed E-state index contributed by atoms with van der Waals surface area (Å²) in [5.41, 5.74) is 5.14. The van der Waals surface area contributed by atoms with Crippen LogP contribution in [0.3, 0.4) is 0 Å². The summed E-state index contributed by atoms with van der Waals surface area (Å²) in [5.74, 6) is -3.45. The number of nitrogens with two attached hydrogens (primary N) is 1. The second-order valence-electron chi connectivity index (χ2n) is 3.02. The molecule has 0 aromatic heterocycles. The molecule has 66 valence electrons. The first-order chi connectivity index (χ1) is 5.05. The third-order valence-electron chi connectivity index (χ3n) is 2.08. The molecule has 0 aromatic rings. The summed E-state index contributed by atoms with van der Waals surface area (Å²) in [6.45, 7) is 1.92. The van der Waals surface area contributed by atoms with Gasteiger partial charge in [-0.3, -0.25) is 0 Å². The van der Waals surface area contributed by atoms with Crippen LogP contribution in [0.1, 0.15) is 13.3 Å². The van der Waals surface area contributed by atoms with Gasteiger partial charge in [0.25, 0.3) is 5.92 Å². The van der Waals surface area contributed by atoms with Crippen molar-refractivity contribution < 1.29 is 13.5 Å². The Morgan fingerprint density at radius 1 is 1.64 bits per heavy atom. The van der Waals surface area contributed by atoms with Gasteiger partial charge in [-0.15, -0.1) is 0 Å². The van der Waals surface area contributed by atoms with Crippen molar-refractivity contribution in [1.29, 1.82) is 0 Å². The third-order valence-corrected chi connectivity index (χ3v) is 2.08. The van der Waals surface area contributed by atoms with Gasteiger partial charge in [0, 0.05) is 12.5 Å². The van der Waals surface area contributed by atoms with E-state index in [2.05, 4.69) is 0 Å². The number of alkyl halides is 2. The van der Waals surface area contributed by atoms with Crippen molar-refractivity contribution in [2.45, 2.75) is 25.3 Å². The molecule has 0 aliphatic carbocycles. The standard InChI is InChI=1S/C7H13F2NO/c1-5(10)7(8,9)6-2-3-11-4-6/h5-6H,2-4,10H2,1H3. The molecule has 1 aliphatic rings. The van der Waals surface area contributed by atoms with Gasteiger partial charge in [-0.05, 0) is 13.3 Å². The molecule has 1 aliphatic heterocycles. The van der Waals surface area contributed by atoms with Crippen LogP contribution in [0.5, 0.6) is 0 Å². The minimum Gasteiger partial charge on any atom is -0.381 e. The summed E-state index contributed by atoms with van der Waals surface area (Å²) in [7, 11) is 0. The Morgan fingerprint density at radius 3 is 2.64 bits per heavy atom. The van der Waals surface area contributed by atoms with E-state index in [-0.39, 0.29) is 6.61 Å². The Morgan fingerprint density at radius 2 is 2.27 bits per heavy atom. The zero-order valence-electron chi connectivity index (χ0n) is 6.52. The van der Waals surface area contributed by atoms with Crippen LogP contribution in [-0.4, -0.2) is 25.2 Å². The van der Waals surface area contributed by atoms with E-state index in [9.17, 15) is 8.78 Å². The Bertz CT molecular complexity index is 132. The highest BCUT2D eigenvalue weighted by molar-refractivity contribution is 4.86. The van der Waals surface area contributed by atoms with Crippen molar-refractivity contribution in [3.05, 3.63) is 0 Å². The molecule has 1 saturated heterocycles. The van der Waals surface area contributed by atoms with E-state index >= 15 is 0 Å². The van der Waals surface area contributed by atoms with E-state index in [1.807, 2.05) is 0 Å². The fourth-order valence-electron chi connectivity index (χ4n) is 1.21. The number of halogens is 2. The van der Waals surface area contributed by atoms with E-state index in [4.69, 9.17) is 10.5 Å². The zero-order valence-corrected chi connectivity index (χ0v) is 6.52. The van der Waals surface area contributed by atoms with E-state index < -0.39 is 17.9 Å². The van der Waals surface area contributed by atoms with Crippen LogP contribution >= 0.6 is 0 Å². The Kier molecular flexibility index (Phi) is 2.44. The van der Waals surface area contributed by atoms with Crippen molar-refractivity contribution >= 4 is 0 Å². The molecular formula is C7H13F2NO. The van der Waals surface area contributed by atoms with Gasteiger partial charge in [0.1, 0.15) is 0 Å². The summed E-state index contributed by atoms with van der Waals surface area (Å²) in [6, 6.07) is -1.07. The van der Waals surface area contributed by atoms with Crippen LogP contribution in [0.2, 0.25) is 0 Å². The van der Waals surface area contributed by atoms with Crippen LogP contribution in [0, 0.1) is 5.92 Å². The first kappa shape index (κ1) is 8.87. The normalized spacial score (nSPS) is 28.9. The van der Waals surface area contributed by atoms with Gasteiger partial charge < -0.3 is 10.5 Å². The van der Waals surface area contributed by atoms with Crippen molar-refractivity contribution in [2.75, 3.05) is 13.2 Å². The molecule has 0 aromatic carbocycles. The molecular weight excluding hydrogens is 152 g/mol. The Balaban J connectivity index is 2.55. The molecule has 1 fully saturated rings. The van der Waals surface area contributed by atoms with E-state index in [0.717, 1.165) is 0 Å². The lowest BCUT2D eigenvalue weighted by molar-refractivity contribution is -0.0761. The van der Waals surface area contributed by atoms with Crippen LogP contribution in [0.4, 0.5) is 8.78 Å². The van der Waals surface area contributed by atoms with Gasteiger partial charge in [-0.2, -0.15) is 0 Å². The van der Waals surface area contributed by atoms with Crippen LogP contribution in [0.25, 0.3) is 0 Å². The third kappa shape index (κ3) is 1.68. The fraction of sp³-hybridized carbons (Fsp3) is 1.00. The van der Waals surface area contributed by atoms with E-state index in [1.165, 1.54) is 6.92 Å².